The third-order valence-corrected chi connectivity index (χ3v) is 5.26. The lowest BCUT2D eigenvalue weighted by molar-refractivity contribution is 0.465. The first-order valence-electron chi connectivity index (χ1n) is 10.6. The molecule has 0 radical (unpaired) electrons. The Morgan fingerprint density at radius 2 is 1.27 bits per heavy atom. The molecule has 0 saturated carbocycles. The van der Waals surface area contributed by atoms with Crippen LogP contribution in [0.5, 0.6) is 11.6 Å². The molecule has 30 heavy (non-hydrogen) atoms. The number of rotatable bonds is 6. The van der Waals surface area contributed by atoms with Gasteiger partial charge in [-0.15, -0.1) is 0 Å². The average molecular weight is 397 g/mol. The van der Waals surface area contributed by atoms with Gasteiger partial charge in [0.15, 0.2) is 0 Å². The maximum Gasteiger partial charge on any atom is 0.238 e. The van der Waals surface area contributed by atoms with Crippen LogP contribution >= 0.6 is 0 Å². The molecule has 4 aromatic rings. The Labute approximate surface area is 179 Å². The van der Waals surface area contributed by atoms with Crippen LogP contribution in [0.1, 0.15) is 50.7 Å². The number of aromatic nitrogens is 2. The maximum atomic E-state index is 6.11. The lowest BCUT2D eigenvalue weighted by Crippen LogP contribution is -2.07. The van der Waals surface area contributed by atoms with Crippen LogP contribution in [0.15, 0.2) is 85.1 Å². The summed E-state index contributed by atoms with van der Waals surface area (Å²) >= 11 is 0. The van der Waals surface area contributed by atoms with Gasteiger partial charge < -0.3 is 4.74 Å². The Balaban J connectivity index is 1.93. The minimum atomic E-state index is 0.392. The largest absolute Gasteiger partial charge is 0.437 e. The number of imidazole rings is 1. The Morgan fingerprint density at radius 1 is 0.700 bits per heavy atom. The zero-order chi connectivity index (χ0) is 21.1. The quantitative estimate of drug-likeness (QED) is 0.336. The van der Waals surface area contributed by atoms with Crippen molar-refractivity contribution in [2.24, 2.45) is 0 Å². The summed E-state index contributed by atoms with van der Waals surface area (Å²) in [5.41, 5.74) is 4.88. The zero-order valence-corrected chi connectivity index (χ0v) is 18.0. The predicted molar refractivity (Wildman–Crippen MR) is 124 cm³/mol. The van der Waals surface area contributed by atoms with Crippen molar-refractivity contribution in [2.75, 3.05) is 0 Å². The SMILES string of the molecule is CC(C)c1cccc(C(C)C)c1-n1cc(Oc2ccccc2)nc1-c1ccccc1. The molecule has 0 aliphatic heterocycles. The maximum absolute atomic E-state index is 6.11. The minimum absolute atomic E-state index is 0.392. The van der Waals surface area contributed by atoms with Gasteiger partial charge in [-0.1, -0.05) is 94.4 Å². The molecule has 0 fully saturated rings. The van der Waals surface area contributed by atoms with Crippen LogP contribution in [0.3, 0.4) is 0 Å². The molecule has 0 atom stereocenters. The van der Waals surface area contributed by atoms with Crippen LogP contribution < -0.4 is 4.74 Å². The van der Waals surface area contributed by atoms with E-state index in [1.165, 1.54) is 16.8 Å². The monoisotopic (exact) mass is 396 g/mol. The van der Waals surface area contributed by atoms with Crippen LogP contribution in [-0.2, 0) is 0 Å². The number of hydrogen-bond donors (Lipinski definition) is 0. The first kappa shape index (κ1) is 20.0. The van der Waals surface area contributed by atoms with E-state index in [9.17, 15) is 0 Å². The Bertz CT molecular complexity index is 1090. The van der Waals surface area contributed by atoms with Gasteiger partial charge >= 0.3 is 0 Å². The third kappa shape index (κ3) is 4.02. The van der Waals surface area contributed by atoms with Gasteiger partial charge in [-0.25, -0.2) is 0 Å². The number of ether oxygens (including phenoxy) is 1. The molecule has 3 aromatic carbocycles. The fourth-order valence-electron chi connectivity index (χ4n) is 3.77. The highest BCUT2D eigenvalue weighted by Gasteiger charge is 2.20. The van der Waals surface area contributed by atoms with E-state index in [1.54, 1.807) is 0 Å². The summed E-state index contributed by atoms with van der Waals surface area (Å²) in [5.74, 6) is 3.04. The van der Waals surface area contributed by atoms with Crippen molar-refractivity contribution in [3.8, 4) is 28.7 Å². The Hall–Kier alpha value is -3.33. The van der Waals surface area contributed by atoms with Gasteiger partial charge in [0.25, 0.3) is 0 Å². The summed E-state index contributed by atoms with van der Waals surface area (Å²) < 4.78 is 8.32. The summed E-state index contributed by atoms with van der Waals surface area (Å²) in [6, 6.07) is 26.7. The van der Waals surface area contributed by atoms with Crippen molar-refractivity contribution >= 4 is 0 Å². The molecule has 1 heterocycles. The summed E-state index contributed by atoms with van der Waals surface area (Å²) in [5, 5.41) is 0. The number of benzene rings is 3. The van der Waals surface area contributed by atoms with E-state index in [0.717, 1.165) is 17.1 Å². The van der Waals surface area contributed by atoms with Crippen LogP contribution in [-0.4, -0.2) is 9.55 Å². The molecule has 4 rings (SSSR count). The molecule has 1 aromatic heterocycles. The topological polar surface area (TPSA) is 27.1 Å². The minimum Gasteiger partial charge on any atom is -0.437 e. The Kier molecular flexibility index (Phi) is 5.71. The summed E-state index contributed by atoms with van der Waals surface area (Å²) in [6.45, 7) is 8.96. The van der Waals surface area contributed by atoms with Gasteiger partial charge in [0.2, 0.25) is 5.88 Å². The first-order valence-corrected chi connectivity index (χ1v) is 10.6. The van der Waals surface area contributed by atoms with Crippen LogP contribution in [0.4, 0.5) is 0 Å². The molecule has 152 valence electrons. The van der Waals surface area contributed by atoms with Gasteiger partial charge in [-0.05, 0) is 35.1 Å². The molecule has 0 unspecified atom stereocenters. The number of hydrogen-bond acceptors (Lipinski definition) is 2. The molecule has 0 N–H and O–H groups in total. The molecule has 0 spiro atoms. The molecule has 0 bridgehead atoms. The molecule has 0 saturated heterocycles. The molecular weight excluding hydrogens is 368 g/mol. The van der Waals surface area contributed by atoms with Crippen LogP contribution in [0, 0.1) is 0 Å². The van der Waals surface area contributed by atoms with Crippen molar-refractivity contribution < 1.29 is 4.74 Å². The molecular formula is C27H28N2O. The van der Waals surface area contributed by atoms with Gasteiger partial charge in [0.05, 0.1) is 11.9 Å². The predicted octanol–water partition coefficient (Wildman–Crippen LogP) is 7.58. The van der Waals surface area contributed by atoms with E-state index >= 15 is 0 Å². The highest BCUT2D eigenvalue weighted by molar-refractivity contribution is 5.63. The van der Waals surface area contributed by atoms with Crippen molar-refractivity contribution in [3.05, 3.63) is 96.2 Å². The van der Waals surface area contributed by atoms with E-state index in [4.69, 9.17) is 9.72 Å². The smallest absolute Gasteiger partial charge is 0.238 e. The normalized spacial score (nSPS) is 11.3. The fourth-order valence-corrected chi connectivity index (χ4v) is 3.77. The van der Waals surface area contributed by atoms with Crippen molar-refractivity contribution in [1.29, 1.82) is 0 Å². The summed E-state index contributed by atoms with van der Waals surface area (Å²) in [7, 11) is 0. The lowest BCUT2D eigenvalue weighted by Gasteiger charge is -2.21. The average Bonchev–Trinajstić information content (AvgIpc) is 3.17. The van der Waals surface area contributed by atoms with Gasteiger partial charge in [-0.3, -0.25) is 4.57 Å². The molecule has 0 aliphatic rings. The second-order valence-electron chi connectivity index (χ2n) is 8.15. The standard InChI is InChI=1S/C27H28N2O/c1-19(2)23-16-11-17-24(20(3)4)26(23)29-18-25(30-22-14-9-6-10-15-22)28-27(29)21-12-7-5-8-13-21/h5-20H,1-4H3. The van der Waals surface area contributed by atoms with E-state index in [0.29, 0.717) is 17.7 Å². The van der Waals surface area contributed by atoms with E-state index < -0.39 is 0 Å². The van der Waals surface area contributed by atoms with Crippen LogP contribution in [0.25, 0.3) is 17.1 Å². The highest BCUT2D eigenvalue weighted by Crippen LogP contribution is 2.36. The van der Waals surface area contributed by atoms with Gasteiger partial charge in [0.1, 0.15) is 11.6 Å². The van der Waals surface area contributed by atoms with Crippen molar-refractivity contribution in [3.63, 3.8) is 0 Å². The van der Waals surface area contributed by atoms with Gasteiger partial charge in [-0.2, -0.15) is 4.98 Å². The van der Waals surface area contributed by atoms with Crippen LogP contribution in [0.2, 0.25) is 0 Å². The van der Waals surface area contributed by atoms with E-state index in [-0.39, 0.29) is 0 Å². The van der Waals surface area contributed by atoms with E-state index in [2.05, 4.69) is 62.6 Å². The van der Waals surface area contributed by atoms with Gasteiger partial charge in [0, 0.05) is 5.56 Å². The summed E-state index contributed by atoms with van der Waals surface area (Å²) in [4.78, 5) is 4.89. The molecule has 0 aliphatic carbocycles. The second kappa shape index (κ2) is 8.58. The lowest BCUT2D eigenvalue weighted by atomic mass is 9.92. The first-order chi connectivity index (χ1) is 14.5. The third-order valence-electron chi connectivity index (χ3n) is 5.26. The van der Waals surface area contributed by atoms with Crippen molar-refractivity contribution in [1.82, 2.24) is 9.55 Å². The zero-order valence-electron chi connectivity index (χ0n) is 18.0. The number of nitrogens with zero attached hydrogens (tertiary/aromatic N) is 2. The molecule has 3 nitrogen and oxygen atoms in total. The fraction of sp³-hybridized carbons (Fsp3) is 0.222. The Morgan fingerprint density at radius 3 is 1.83 bits per heavy atom. The molecule has 3 heteroatoms. The van der Waals surface area contributed by atoms with Crippen molar-refractivity contribution in [2.45, 2.75) is 39.5 Å². The molecule has 0 amide bonds. The number of para-hydroxylation sites is 2. The van der Waals surface area contributed by atoms with E-state index in [1.807, 2.05) is 54.7 Å². The summed E-state index contributed by atoms with van der Waals surface area (Å²) in [6.07, 6.45) is 2.02. The highest BCUT2D eigenvalue weighted by atomic mass is 16.5. The second-order valence-corrected chi connectivity index (χ2v) is 8.15.